The van der Waals surface area contributed by atoms with Crippen molar-refractivity contribution in [3.8, 4) is 11.5 Å². The minimum atomic E-state index is -1.14. The molecule has 19 heavy (non-hydrogen) atoms. The van der Waals surface area contributed by atoms with Gasteiger partial charge in [-0.3, -0.25) is 4.79 Å². The molecule has 102 valence electrons. The van der Waals surface area contributed by atoms with E-state index in [1.807, 2.05) is 0 Å². The van der Waals surface area contributed by atoms with Crippen LogP contribution in [-0.2, 0) is 9.53 Å². The lowest BCUT2D eigenvalue weighted by atomic mass is 10.1. The molecule has 1 heterocycles. The van der Waals surface area contributed by atoms with E-state index in [4.69, 9.17) is 30.9 Å². The monoisotopic (exact) mass is 286 g/mol. The summed E-state index contributed by atoms with van der Waals surface area (Å²) < 4.78 is 15.4. The standard InChI is InChI=1S/C12H11ClO6/c13-8-4-11-10(18-1-2-19-11)3-7(8)9(14)5-17-6-12(15)16/h3-4H,1-2,5-6H2,(H,15,16). The number of aliphatic carboxylic acids is 1. The Morgan fingerprint density at radius 3 is 2.47 bits per heavy atom. The quantitative estimate of drug-likeness (QED) is 0.824. The van der Waals surface area contributed by atoms with Crippen LogP contribution in [0.2, 0.25) is 5.02 Å². The van der Waals surface area contributed by atoms with Crippen LogP contribution < -0.4 is 9.47 Å². The van der Waals surface area contributed by atoms with Gasteiger partial charge in [0.25, 0.3) is 0 Å². The van der Waals surface area contributed by atoms with E-state index in [-0.39, 0.29) is 17.2 Å². The number of carbonyl (C=O) groups is 2. The SMILES string of the molecule is O=C(O)COCC(=O)c1cc2c(cc1Cl)OCCO2. The Hall–Kier alpha value is -1.79. The van der Waals surface area contributed by atoms with Gasteiger partial charge in [-0.15, -0.1) is 0 Å². The molecule has 1 aromatic carbocycles. The van der Waals surface area contributed by atoms with Crippen LogP contribution in [0.3, 0.4) is 0 Å². The number of ether oxygens (including phenoxy) is 3. The minimum Gasteiger partial charge on any atom is -0.486 e. The van der Waals surface area contributed by atoms with Gasteiger partial charge in [-0.25, -0.2) is 4.79 Å². The number of rotatable bonds is 5. The van der Waals surface area contributed by atoms with Gasteiger partial charge in [-0.2, -0.15) is 0 Å². The highest BCUT2D eigenvalue weighted by molar-refractivity contribution is 6.34. The molecule has 0 saturated carbocycles. The van der Waals surface area contributed by atoms with Gasteiger partial charge in [-0.05, 0) is 6.07 Å². The first-order chi connectivity index (χ1) is 9.08. The molecule has 0 amide bonds. The number of hydrogen-bond acceptors (Lipinski definition) is 5. The van der Waals surface area contributed by atoms with Gasteiger partial charge in [-0.1, -0.05) is 11.6 Å². The van der Waals surface area contributed by atoms with E-state index in [0.29, 0.717) is 24.7 Å². The molecule has 6 nitrogen and oxygen atoms in total. The zero-order valence-corrected chi connectivity index (χ0v) is 10.6. The highest BCUT2D eigenvalue weighted by Gasteiger charge is 2.19. The molecule has 0 bridgehead atoms. The molecule has 0 radical (unpaired) electrons. The normalized spacial score (nSPS) is 13.1. The van der Waals surface area contributed by atoms with Gasteiger partial charge >= 0.3 is 5.97 Å². The van der Waals surface area contributed by atoms with Crippen LogP contribution in [-0.4, -0.2) is 43.3 Å². The number of halogens is 1. The molecule has 0 aromatic heterocycles. The Balaban J connectivity index is 2.11. The largest absolute Gasteiger partial charge is 0.486 e. The maximum atomic E-state index is 11.8. The third kappa shape index (κ3) is 3.36. The second-order valence-corrected chi connectivity index (χ2v) is 4.19. The molecule has 0 aliphatic carbocycles. The number of carbonyl (C=O) groups excluding carboxylic acids is 1. The average Bonchev–Trinajstić information content (AvgIpc) is 2.37. The van der Waals surface area contributed by atoms with Gasteiger partial charge in [0.15, 0.2) is 17.3 Å². The lowest BCUT2D eigenvalue weighted by Crippen LogP contribution is -2.18. The lowest BCUT2D eigenvalue weighted by molar-refractivity contribution is -0.141. The van der Waals surface area contributed by atoms with Crippen molar-refractivity contribution in [2.24, 2.45) is 0 Å². The number of carboxylic acids is 1. The van der Waals surface area contributed by atoms with Crippen LogP contribution in [0.4, 0.5) is 0 Å². The first kappa shape index (κ1) is 13.6. The molecule has 0 spiro atoms. The van der Waals surface area contributed by atoms with E-state index in [0.717, 1.165) is 0 Å². The predicted octanol–water partition coefficient (Wildman–Crippen LogP) is 1.40. The number of ketones is 1. The van der Waals surface area contributed by atoms with Gasteiger partial charge < -0.3 is 19.3 Å². The maximum Gasteiger partial charge on any atom is 0.329 e. The Kier molecular flexibility index (Phi) is 4.24. The van der Waals surface area contributed by atoms with Gasteiger partial charge in [0.05, 0.1) is 5.02 Å². The second-order valence-electron chi connectivity index (χ2n) is 3.79. The van der Waals surface area contributed by atoms with Crippen molar-refractivity contribution in [3.63, 3.8) is 0 Å². The van der Waals surface area contributed by atoms with Crippen LogP contribution in [0, 0.1) is 0 Å². The summed E-state index contributed by atoms with van der Waals surface area (Å²) in [6.07, 6.45) is 0. The average molecular weight is 287 g/mol. The first-order valence-electron chi connectivity index (χ1n) is 5.50. The summed E-state index contributed by atoms with van der Waals surface area (Å²) in [7, 11) is 0. The van der Waals surface area contributed by atoms with Crippen molar-refractivity contribution in [1.82, 2.24) is 0 Å². The lowest BCUT2D eigenvalue weighted by Gasteiger charge is -2.19. The van der Waals surface area contributed by atoms with Crippen molar-refractivity contribution >= 4 is 23.4 Å². The fraction of sp³-hybridized carbons (Fsp3) is 0.333. The third-order valence-corrected chi connectivity index (χ3v) is 2.70. The molecule has 0 unspecified atom stereocenters. The summed E-state index contributed by atoms with van der Waals surface area (Å²) in [6.45, 7) is -0.0598. The summed E-state index contributed by atoms with van der Waals surface area (Å²) in [5.74, 6) is -0.624. The fourth-order valence-electron chi connectivity index (χ4n) is 1.59. The molecule has 1 aliphatic heterocycles. The number of fused-ring (bicyclic) bond motifs is 1. The number of carboxylic acid groups (broad SMARTS) is 1. The molecule has 1 aliphatic rings. The zero-order valence-electron chi connectivity index (χ0n) is 9.85. The molecule has 1 N–H and O–H groups in total. The van der Waals surface area contributed by atoms with Crippen LogP contribution in [0.5, 0.6) is 11.5 Å². The van der Waals surface area contributed by atoms with Gasteiger partial charge in [0, 0.05) is 11.6 Å². The summed E-state index contributed by atoms with van der Waals surface area (Å²) in [5, 5.41) is 8.63. The van der Waals surface area contributed by atoms with Crippen molar-refractivity contribution < 1.29 is 28.9 Å². The Morgan fingerprint density at radius 2 is 1.84 bits per heavy atom. The second kappa shape index (κ2) is 5.90. The highest BCUT2D eigenvalue weighted by atomic mass is 35.5. The van der Waals surface area contributed by atoms with E-state index in [2.05, 4.69) is 0 Å². The van der Waals surface area contributed by atoms with Gasteiger partial charge in [0.1, 0.15) is 26.4 Å². The Labute approximate surface area is 113 Å². The van der Waals surface area contributed by atoms with Crippen molar-refractivity contribution in [2.75, 3.05) is 26.4 Å². The maximum absolute atomic E-state index is 11.8. The predicted molar refractivity (Wildman–Crippen MR) is 65.2 cm³/mol. The molecule has 2 rings (SSSR count). The topological polar surface area (TPSA) is 82.1 Å². The van der Waals surface area contributed by atoms with E-state index in [1.54, 1.807) is 0 Å². The third-order valence-electron chi connectivity index (χ3n) is 2.39. The molecular formula is C12H11ClO6. The fourth-order valence-corrected chi connectivity index (χ4v) is 1.85. The van der Waals surface area contributed by atoms with Crippen molar-refractivity contribution in [2.45, 2.75) is 0 Å². The van der Waals surface area contributed by atoms with E-state index in [9.17, 15) is 9.59 Å². The van der Waals surface area contributed by atoms with Crippen LogP contribution in [0.15, 0.2) is 12.1 Å². The van der Waals surface area contributed by atoms with E-state index >= 15 is 0 Å². The Bertz CT molecular complexity index is 513. The van der Waals surface area contributed by atoms with Crippen molar-refractivity contribution in [3.05, 3.63) is 22.7 Å². The zero-order chi connectivity index (χ0) is 13.8. The summed E-state index contributed by atoms with van der Waals surface area (Å²) in [4.78, 5) is 22.1. The molecule has 0 fully saturated rings. The minimum absolute atomic E-state index is 0.216. The number of Topliss-reactive ketones (excluding diaryl/α,β-unsaturated/α-hetero) is 1. The van der Waals surface area contributed by atoms with E-state index < -0.39 is 18.4 Å². The Morgan fingerprint density at radius 1 is 1.21 bits per heavy atom. The molecular weight excluding hydrogens is 276 g/mol. The summed E-state index contributed by atoms with van der Waals surface area (Å²) in [6, 6.07) is 2.98. The van der Waals surface area contributed by atoms with E-state index in [1.165, 1.54) is 12.1 Å². The summed E-state index contributed by atoms with van der Waals surface area (Å²) >= 11 is 5.97. The van der Waals surface area contributed by atoms with Crippen LogP contribution in [0.1, 0.15) is 10.4 Å². The van der Waals surface area contributed by atoms with Gasteiger partial charge in [0.2, 0.25) is 0 Å². The molecule has 7 heteroatoms. The number of benzene rings is 1. The highest BCUT2D eigenvalue weighted by Crippen LogP contribution is 2.35. The summed E-state index contributed by atoms with van der Waals surface area (Å²) in [5.41, 5.74) is 0.219. The first-order valence-corrected chi connectivity index (χ1v) is 5.87. The molecule has 1 aromatic rings. The smallest absolute Gasteiger partial charge is 0.329 e. The van der Waals surface area contributed by atoms with Crippen LogP contribution >= 0.6 is 11.6 Å². The molecule has 0 saturated heterocycles. The number of hydrogen-bond donors (Lipinski definition) is 1. The van der Waals surface area contributed by atoms with Crippen LogP contribution in [0.25, 0.3) is 0 Å². The molecule has 0 atom stereocenters. The van der Waals surface area contributed by atoms with Crippen molar-refractivity contribution in [1.29, 1.82) is 0 Å².